The van der Waals surface area contributed by atoms with E-state index in [4.69, 9.17) is 9.47 Å². The minimum absolute atomic E-state index is 0.0987. The monoisotopic (exact) mass is 379 g/mol. The lowest BCUT2D eigenvalue weighted by molar-refractivity contribution is -0.134. The second-order valence-corrected chi connectivity index (χ2v) is 7.39. The van der Waals surface area contributed by atoms with Crippen molar-refractivity contribution in [2.75, 3.05) is 61.5 Å². The molecule has 2 heterocycles. The van der Waals surface area contributed by atoms with E-state index in [-0.39, 0.29) is 24.4 Å². The molecule has 0 N–H and O–H groups in total. The van der Waals surface area contributed by atoms with Crippen LogP contribution < -0.4 is 9.47 Å². The molecule has 0 aliphatic carbocycles. The van der Waals surface area contributed by atoms with Crippen LogP contribution in [0.1, 0.15) is 24.1 Å². The molecule has 0 spiro atoms. The molecule has 0 unspecified atom stereocenters. The molecule has 1 aliphatic heterocycles. The smallest absolute Gasteiger partial charge is 0.319 e. The summed E-state index contributed by atoms with van der Waals surface area (Å²) in [4.78, 5) is 28.2. The molecule has 1 saturated heterocycles. The van der Waals surface area contributed by atoms with Crippen LogP contribution >= 0.6 is 0 Å². The Bertz CT molecular complexity index is 630. The average molecular weight is 380 g/mol. The van der Waals surface area contributed by atoms with Gasteiger partial charge in [-0.25, -0.2) is 4.98 Å². The SMILES string of the molecule is COc1nc(C)c(CC(=O)N(CCN(C)C)C2CCN(C)CC2)c(OC)n1. The highest BCUT2D eigenvalue weighted by atomic mass is 16.5. The lowest BCUT2D eigenvalue weighted by Crippen LogP contribution is -2.49. The summed E-state index contributed by atoms with van der Waals surface area (Å²) in [5.74, 6) is 0.505. The van der Waals surface area contributed by atoms with Crippen molar-refractivity contribution in [2.45, 2.75) is 32.2 Å². The molecular weight excluding hydrogens is 346 g/mol. The number of hydrogen-bond donors (Lipinski definition) is 0. The Hall–Kier alpha value is -1.93. The molecule has 0 bridgehead atoms. The molecule has 0 atom stereocenters. The Morgan fingerprint density at radius 1 is 1.15 bits per heavy atom. The summed E-state index contributed by atoms with van der Waals surface area (Å²) in [6.45, 7) is 5.45. The number of methoxy groups -OCH3 is 2. The van der Waals surface area contributed by atoms with E-state index < -0.39 is 0 Å². The molecule has 27 heavy (non-hydrogen) atoms. The fourth-order valence-corrected chi connectivity index (χ4v) is 3.39. The van der Waals surface area contributed by atoms with Crippen LogP contribution in [-0.2, 0) is 11.2 Å². The highest BCUT2D eigenvalue weighted by Crippen LogP contribution is 2.24. The molecule has 1 aromatic heterocycles. The van der Waals surface area contributed by atoms with E-state index in [1.54, 1.807) is 7.11 Å². The number of amides is 1. The van der Waals surface area contributed by atoms with E-state index in [1.807, 2.05) is 25.9 Å². The molecule has 1 fully saturated rings. The molecule has 1 aliphatic rings. The van der Waals surface area contributed by atoms with E-state index in [2.05, 4.69) is 26.8 Å². The van der Waals surface area contributed by atoms with E-state index >= 15 is 0 Å². The van der Waals surface area contributed by atoms with Crippen molar-refractivity contribution in [1.29, 1.82) is 0 Å². The molecule has 2 rings (SSSR count). The summed E-state index contributed by atoms with van der Waals surface area (Å²) in [6.07, 6.45) is 2.24. The first-order valence-corrected chi connectivity index (χ1v) is 9.44. The van der Waals surface area contributed by atoms with Gasteiger partial charge in [0.1, 0.15) is 0 Å². The number of hydrogen-bond acceptors (Lipinski definition) is 7. The van der Waals surface area contributed by atoms with Gasteiger partial charge >= 0.3 is 6.01 Å². The van der Waals surface area contributed by atoms with Crippen LogP contribution in [-0.4, -0.2) is 98.2 Å². The summed E-state index contributed by atoms with van der Waals surface area (Å²) in [6, 6.07) is 0.527. The third-order valence-corrected chi connectivity index (χ3v) is 5.10. The van der Waals surface area contributed by atoms with Crippen molar-refractivity contribution in [3.05, 3.63) is 11.3 Å². The van der Waals surface area contributed by atoms with Gasteiger partial charge in [0.2, 0.25) is 11.8 Å². The summed E-state index contributed by atoms with van der Waals surface area (Å²) >= 11 is 0. The van der Waals surface area contributed by atoms with Crippen molar-refractivity contribution < 1.29 is 14.3 Å². The second kappa shape index (κ2) is 9.85. The van der Waals surface area contributed by atoms with E-state index in [1.165, 1.54) is 7.11 Å². The van der Waals surface area contributed by atoms with Gasteiger partial charge in [0.25, 0.3) is 0 Å². The molecule has 8 heteroatoms. The second-order valence-electron chi connectivity index (χ2n) is 7.39. The van der Waals surface area contributed by atoms with Crippen molar-refractivity contribution in [3.8, 4) is 11.9 Å². The Labute approximate surface area is 162 Å². The van der Waals surface area contributed by atoms with E-state index in [0.717, 1.165) is 44.6 Å². The maximum Gasteiger partial charge on any atom is 0.319 e. The third-order valence-electron chi connectivity index (χ3n) is 5.10. The first kappa shape index (κ1) is 21.4. The molecule has 1 amide bonds. The molecular formula is C19H33N5O3. The van der Waals surface area contributed by atoms with Crippen molar-refractivity contribution >= 4 is 5.91 Å². The zero-order valence-electron chi connectivity index (χ0n) is 17.5. The number of nitrogens with zero attached hydrogens (tertiary/aromatic N) is 5. The number of likely N-dealkylation sites (tertiary alicyclic amines) is 1. The standard InChI is InChI=1S/C19H33N5O3/c1-14-16(18(26-5)21-19(20-14)27-6)13-17(25)24(12-11-22(2)3)15-7-9-23(4)10-8-15/h15H,7-13H2,1-6H3. The Morgan fingerprint density at radius 3 is 2.37 bits per heavy atom. The first-order valence-electron chi connectivity index (χ1n) is 9.44. The molecule has 0 aromatic carbocycles. The number of carbonyl (C=O) groups excluding carboxylic acids is 1. The van der Waals surface area contributed by atoms with Crippen LogP contribution in [0, 0.1) is 6.92 Å². The van der Waals surface area contributed by atoms with Gasteiger partial charge in [-0.05, 0) is 54.0 Å². The van der Waals surface area contributed by atoms with Crippen LogP contribution in [0.15, 0.2) is 0 Å². The summed E-state index contributed by atoms with van der Waals surface area (Å²) in [7, 11) is 9.26. The Kier molecular flexibility index (Phi) is 7.79. The number of rotatable bonds is 8. The number of carbonyl (C=O) groups is 1. The number of likely N-dealkylation sites (N-methyl/N-ethyl adjacent to an activating group) is 1. The maximum atomic E-state index is 13.2. The van der Waals surface area contributed by atoms with Gasteiger partial charge in [0.05, 0.1) is 26.3 Å². The van der Waals surface area contributed by atoms with E-state index in [9.17, 15) is 4.79 Å². The third kappa shape index (κ3) is 5.77. The quantitative estimate of drug-likeness (QED) is 0.662. The van der Waals surface area contributed by atoms with Gasteiger partial charge in [0.15, 0.2) is 0 Å². The molecule has 0 saturated carbocycles. The number of aromatic nitrogens is 2. The van der Waals surface area contributed by atoms with Crippen molar-refractivity contribution in [1.82, 2.24) is 24.7 Å². The van der Waals surface area contributed by atoms with Crippen LogP contribution in [0.5, 0.6) is 11.9 Å². The predicted octanol–water partition coefficient (Wildman–Crippen LogP) is 0.829. The van der Waals surface area contributed by atoms with Gasteiger partial charge in [-0.2, -0.15) is 4.98 Å². The van der Waals surface area contributed by atoms with Gasteiger partial charge in [-0.15, -0.1) is 0 Å². The average Bonchev–Trinajstić information content (AvgIpc) is 2.64. The molecule has 0 radical (unpaired) electrons. The van der Waals surface area contributed by atoms with Gasteiger partial charge in [0, 0.05) is 24.7 Å². The topological polar surface area (TPSA) is 71.0 Å². The Morgan fingerprint density at radius 2 is 1.81 bits per heavy atom. The zero-order chi connectivity index (χ0) is 20.0. The minimum Gasteiger partial charge on any atom is -0.481 e. The molecule has 8 nitrogen and oxygen atoms in total. The van der Waals surface area contributed by atoms with Gasteiger partial charge in [-0.1, -0.05) is 0 Å². The summed E-state index contributed by atoms with van der Waals surface area (Å²) < 4.78 is 10.5. The van der Waals surface area contributed by atoms with Gasteiger partial charge in [-0.3, -0.25) is 4.79 Å². The van der Waals surface area contributed by atoms with Crippen LogP contribution in [0.4, 0.5) is 0 Å². The predicted molar refractivity (Wildman–Crippen MR) is 104 cm³/mol. The lowest BCUT2D eigenvalue weighted by atomic mass is 10.0. The largest absolute Gasteiger partial charge is 0.481 e. The normalized spacial score (nSPS) is 15.8. The number of ether oxygens (including phenoxy) is 2. The van der Waals surface area contributed by atoms with Crippen molar-refractivity contribution in [2.24, 2.45) is 0 Å². The minimum atomic E-state index is 0.0987. The van der Waals surface area contributed by atoms with Crippen LogP contribution in [0.2, 0.25) is 0 Å². The lowest BCUT2D eigenvalue weighted by Gasteiger charge is -2.38. The highest BCUT2D eigenvalue weighted by Gasteiger charge is 2.28. The number of piperidine rings is 1. The highest BCUT2D eigenvalue weighted by molar-refractivity contribution is 5.80. The maximum absolute atomic E-state index is 13.2. The molecule has 1 aromatic rings. The number of aryl methyl sites for hydroxylation is 1. The fraction of sp³-hybridized carbons (Fsp3) is 0.737. The zero-order valence-corrected chi connectivity index (χ0v) is 17.5. The summed E-state index contributed by atoms with van der Waals surface area (Å²) in [5, 5.41) is 0. The first-order chi connectivity index (χ1) is 12.8. The fourth-order valence-electron chi connectivity index (χ4n) is 3.39. The van der Waals surface area contributed by atoms with Crippen LogP contribution in [0.25, 0.3) is 0 Å². The Balaban J connectivity index is 2.19. The van der Waals surface area contributed by atoms with E-state index in [0.29, 0.717) is 11.6 Å². The van der Waals surface area contributed by atoms with Crippen molar-refractivity contribution in [3.63, 3.8) is 0 Å². The van der Waals surface area contributed by atoms with Gasteiger partial charge < -0.3 is 24.2 Å². The van der Waals surface area contributed by atoms with Crippen LogP contribution in [0.3, 0.4) is 0 Å². The summed E-state index contributed by atoms with van der Waals surface area (Å²) in [5.41, 5.74) is 1.44. The molecule has 152 valence electrons.